The number of piperazine rings is 1. The molecule has 0 amide bonds. The molecule has 2 aromatic carbocycles. The van der Waals surface area contributed by atoms with Crippen molar-refractivity contribution >= 4 is 16.7 Å². The summed E-state index contributed by atoms with van der Waals surface area (Å²) in [5.41, 5.74) is 2.42. The van der Waals surface area contributed by atoms with Gasteiger partial charge in [0, 0.05) is 54.4 Å². The van der Waals surface area contributed by atoms with E-state index in [2.05, 4.69) is 23.2 Å². The Morgan fingerprint density at radius 3 is 2.68 bits per heavy atom. The molecule has 2 heterocycles. The van der Waals surface area contributed by atoms with E-state index in [0.717, 1.165) is 30.7 Å². The normalized spacial score (nSPS) is 17.0. The standard InChI is InChI=1S/C22H24N2O4/c1-14-13-24(9-8-23-14)16-5-4-15-10-19(22(25)28-20(15)11-16)18-7-6-17(26-2)12-21(18)27-3/h4-7,10-12,14,23H,8-9,13H2,1-3H3/t14-/m0/s1. The lowest BCUT2D eigenvalue weighted by Crippen LogP contribution is -2.49. The maximum absolute atomic E-state index is 12.7. The van der Waals surface area contributed by atoms with E-state index in [9.17, 15) is 4.79 Å². The van der Waals surface area contributed by atoms with Crippen LogP contribution in [0, 0.1) is 0 Å². The summed E-state index contributed by atoms with van der Waals surface area (Å²) < 4.78 is 16.4. The van der Waals surface area contributed by atoms with Crippen molar-refractivity contribution in [3.05, 3.63) is 52.9 Å². The van der Waals surface area contributed by atoms with Gasteiger partial charge < -0.3 is 24.1 Å². The van der Waals surface area contributed by atoms with Gasteiger partial charge in [-0.15, -0.1) is 0 Å². The Bertz CT molecular complexity index is 1060. The number of benzene rings is 2. The van der Waals surface area contributed by atoms with Gasteiger partial charge in [-0.25, -0.2) is 4.79 Å². The van der Waals surface area contributed by atoms with Crippen LogP contribution in [0.15, 0.2) is 51.7 Å². The molecule has 146 valence electrons. The van der Waals surface area contributed by atoms with Crippen molar-refractivity contribution in [3.8, 4) is 22.6 Å². The molecule has 1 aliphatic heterocycles. The highest BCUT2D eigenvalue weighted by Crippen LogP contribution is 2.33. The smallest absolute Gasteiger partial charge is 0.344 e. The van der Waals surface area contributed by atoms with Gasteiger partial charge in [0.1, 0.15) is 17.1 Å². The van der Waals surface area contributed by atoms with E-state index in [0.29, 0.717) is 34.3 Å². The van der Waals surface area contributed by atoms with Gasteiger partial charge in [0.25, 0.3) is 0 Å². The maximum Gasteiger partial charge on any atom is 0.344 e. The van der Waals surface area contributed by atoms with Crippen molar-refractivity contribution in [2.75, 3.05) is 38.8 Å². The zero-order valence-electron chi connectivity index (χ0n) is 16.3. The van der Waals surface area contributed by atoms with Crippen LogP contribution < -0.4 is 25.3 Å². The number of ether oxygens (including phenoxy) is 2. The first kappa shape index (κ1) is 18.4. The molecule has 4 rings (SSSR count). The summed E-state index contributed by atoms with van der Waals surface area (Å²) >= 11 is 0. The number of nitrogens with one attached hydrogen (secondary N) is 1. The molecule has 1 N–H and O–H groups in total. The lowest BCUT2D eigenvalue weighted by molar-refractivity contribution is 0.395. The number of nitrogens with zero attached hydrogens (tertiary/aromatic N) is 1. The fraction of sp³-hybridized carbons (Fsp3) is 0.318. The molecule has 3 aromatic rings. The van der Waals surface area contributed by atoms with Crippen molar-refractivity contribution in [1.82, 2.24) is 5.32 Å². The molecule has 1 atom stereocenters. The molecule has 0 aliphatic carbocycles. The molecule has 28 heavy (non-hydrogen) atoms. The Labute approximate surface area is 163 Å². The summed E-state index contributed by atoms with van der Waals surface area (Å²) in [6.45, 7) is 4.97. The molecule has 1 fully saturated rings. The van der Waals surface area contributed by atoms with Crippen LogP contribution in [0.25, 0.3) is 22.1 Å². The molecule has 6 heteroatoms. The molecular formula is C22H24N2O4. The molecule has 1 aromatic heterocycles. The number of hydrogen-bond acceptors (Lipinski definition) is 6. The van der Waals surface area contributed by atoms with Gasteiger partial charge in [0.2, 0.25) is 0 Å². The molecule has 6 nitrogen and oxygen atoms in total. The van der Waals surface area contributed by atoms with Crippen LogP contribution in [0.1, 0.15) is 6.92 Å². The summed E-state index contributed by atoms with van der Waals surface area (Å²) in [7, 11) is 3.16. The number of fused-ring (bicyclic) bond motifs is 1. The van der Waals surface area contributed by atoms with Crippen LogP contribution in [0.3, 0.4) is 0 Å². The number of hydrogen-bond donors (Lipinski definition) is 1. The first-order chi connectivity index (χ1) is 13.6. The third-order valence-corrected chi connectivity index (χ3v) is 5.15. The zero-order chi connectivity index (χ0) is 19.7. The Kier molecular flexibility index (Phi) is 4.96. The Hall–Kier alpha value is -2.99. The summed E-state index contributed by atoms with van der Waals surface area (Å²) in [6, 6.07) is 13.7. The van der Waals surface area contributed by atoms with Crippen LogP contribution in [0.4, 0.5) is 5.69 Å². The second-order valence-electron chi connectivity index (χ2n) is 7.04. The quantitative estimate of drug-likeness (QED) is 0.701. The van der Waals surface area contributed by atoms with Gasteiger partial charge in [-0.1, -0.05) is 0 Å². The minimum atomic E-state index is -0.387. The minimum absolute atomic E-state index is 0.387. The van der Waals surface area contributed by atoms with E-state index in [-0.39, 0.29) is 5.63 Å². The first-order valence-electron chi connectivity index (χ1n) is 9.37. The third kappa shape index (κ3) is 3.43. The van der Waals surface area contributed by atoms with Crippen molar-refractivity contribution in [1.29, 1.82) is 0 Å². The van der Waals surface area contributed by atoms with Crippen LogP contribution in [-0.4, -0.2) is 39.9 Å². The zero-order valence-corrected chi connectivity index (χ0v) is 16.3. The predicted octanol–water partition coefficient (Wildman–Crippen LogP) is 3.28. The molecule has 0 saturated carbocycles. The van der Waals surface area contributed by atoms with Crippen LogP contribution in [-0.2, 0) is 0 Å². The lowest BCUT2D eigenvalue weighted by Gasteiger charge is -2.33. The van der Waals surface area contributed by atoms with E-state index in [1.54, 1.807) is 26.4 Å². The van der Waals surface area contributed by atoms with Gasteiger partial charge in [-0.2, -0.15) is 0 Å². The highest BCUT2D eigenvalue weighted by atomic mass is 16.5. The Morgan fingerprint density at radius 2 is 1.93 bits per heavy atom. The minimum Gasteiger partial charge on any atom is -0.497 e. The summed E-state index contributed by atoms with van der Waals surface area (Å²) in [5.74, 6) is 1.23. The second-order valence-corrected chi connectivity index (χ2v) is 7.04. The largest absolute Gasteiger partial charge is 0.497 e. The molecule has 0 bridgehead atoms. The SMILES string of the molecule is COc1ccc(-c2cc3ccc(N4CCN[C@@H](C)C4)cc3oc2=O)c(OC)c1. The predicted molar refractivity (Wildman–Crippen MR) is 111 cm³/mol. The first-order valence-corrected chi connectivity index (χ1v) is 9.37. The van der Waals surface area contributed by atoms with Gasteiger partial charge in [0.15, 0.2) is 0 Å². The Morgan fingerprint density at radius 1 is 1.07 bits per heavy atom. The molecule has 1 saturated heterocycles. The van der Waals surface area contributed by atoms with Crippen LogP contribution in [0.2, 0.25) is 0 Å². The molecular weight excluding hydrogens is 356 g/mol. The third-order valence-electron chi connectivity index (χ3n) is 5.15. The van der Waals surface area contributed by atoms with E-state index in [4.69, 9.17) is 13.9 Å². The number of methoxy groups -OCH3 is 2. The van der Waals surface area contributed by atoms with Crippen molar-refractivity contribution < 1.29 is 13.9 Å². The number of anilines is 1. The van der Waals surface area contributed by atoms with Gasteiger partial charge in [0.05, 0.1) is 19.8 Å². The topological polar surface area (TPSA) is 63.9 Å². The molecule has 1 aliphatic rings. The second kappa shape index (κ2) is 7.56. The van der Waals surface area contributed by atoms with E-state index < -0.39 is 0 Å². The van der Waals surface area contributed by atoms with Gasteiger partial charge in [-0.05, 0) is 37.3 Å². The van der Waals surface area contributed by atoms with Crippen LogP contribution in [0.5, 0.6) is 11.5 Å². The lowest BCUT2D eigenvalue weighted by atomic mass is 10.0. The molecule has 0 unspecified atom stereocenters. The number of rotatable bonds is 4. The molecule has 0 radical (unpaired) electrons. The van der Waals surface area contributed by atoms with E-state index in [1.807, 2.05) is 24.3 Å². The average Bonchev–Trinajstić information content (AvgIpc) is 2.72. The van der Waals surface area contributed by atoms with E-state index >= 15 is 0 Å². The summed E-state index contributed by atoms with van der Waals surface area (Å²) in [5, 5.41) is 4.31. The molecule has 0 spiro atoms. The highest BCUT2D eigenvalue weighted by molar-refractivity contribution is 5.85. The fourth-order valence-corrected chi connectivity index (χ4v) is 3.67. The average molecular weight is 380 g/mol. The van der Waals surface area contributed by atoms with Crippen molar-refractivity contribution in [2.45, 2.75) is 13.0 Å². The van der Waals surface area contributed by atoms with Gasteiger partial charge >= 0.3 is 5.63 Å². The monoisotopic (exact) mass is 380 g/mol. The maximum atomic E-state index is 12.7. The van der Waals surface area contributed by atoms with E-state index in [1.165, 1.54) is 0 Å². The summed E-state index contributed by atoms with van der Waals surface area (Å²) in [4.78, 5) is 15.0. The highest BCUT2D eigenvalue weighted by Gasteiger charge is 2.18. The van der Waals surface area contributed by atoms with Crippen molar-refractivity contribution in [2.24, 2.45) is 0 Å². The van der Waals surface area contributed by atoms with Crippen molar-refractivity contribution in [3.63, 3.8) is 0 Å². The summed E-state index contributed by atoms with van der Waals surface area (Å²) in [6.07, 6.45) is 0. The fourth-order valence-electron chi connectivity index (χ4n) is 3.67. The van der Waals surface area contributed by atoms with Gasteiger partial charge in [-0.3, -0.25) is 0 Å². The van der Waals surface area contributed by atoms with Crippen LogP contribution >= 0.6 is 0 Å². The Balaban J connectivity index is 1.75.